The molecule has 0 aromatic rings. The molecule has 0 aromatic carbocycles. The van der Waals surface area contributed by atoms with E-state index in [4.69, 9.17) is 20.9 Å². The lowest BCUT2D eigenvalue weighted by Crippen LogP contribution is -2.60. The number of carbonyl (C=O) groups is 2. The summed E-state index contributed by atoms with van der Waals surface area (Å²) < 4.78 is 11.0. The lowest BCUT2D eigenvalue weighted by atomic mass is 9.92. The van der Waals surface area contributed by atoms with Crippen LogP contribution in [0.15, 0.2) is 16.8 Å². The second-order valence-electron chi connectivity index (χ2n) is 5.77. The number of carbonyl (C=O) groups excluding carboxylic acids is 1. The van der Waals surface area contributed by atoms with E-state index in [2.05, 4.69) is 10.3 Å². The first-order valence-corrected chi connectivity index (χ1v) is 8.09. The van der Waals surface area contributed by atoms with Gasteiger partial charge >= 0.3 is 5.97 Å². The monoisotopic (exact) mass is 374 g/mol. The van der Waals surface area contributed by atoms with Crippen LogP contribution in [-0.4, -0.2) is 76.8 Å². The molecule has 0 saturated carbocycles. The third-order valence-electron chi connectivity index (χ3n) is 3.59. The molecule has 1 heterocycles. The normalized spacial score (nSPS) is 24.6. The summed E-state index contributed by atoms with van der Waals surface area (Å²) in [5.74, 6) is -2.60. The second kappa shape index (κ2) is 9.94. The first-order valence-electron chi connectivity index (χ1n) is 8.09. The highest BCUT2D eigenvalue weighted by Gasteiger charge is 2.44. The van der Waals surface area contributed by atoms with E-state index in [-0.39, 0.29) is 12.6 Å². The maximum atomic E-state index is 11.6. The van der Waals surface area contributed by atoms with Crippen LogP contribution in [0.1, 0.15) is 20.3 Å². The van der Waals surface area contributed by atoms with Crippen molar-refractivity contribution in [1.29, 1.82) is 0 Å². The van der Waals surface area contributed by atoms with Crippen molar-refractivity contribution in [1.82, 2.24) is 5.32 Å². The van der Waals surface area contributed by atoms with E-state index in [1.165, 1.54) is 6.92 Å². The summed E-state index contributed by atoms with van der Waals surface area (Å²) >= 11 is 0. The summed E-state index contributed by atoms with van der Waals surface area (Å²) in [6.07, 6.45) is -1.91. The van der Waals surface area contributed by atoms with Crippen molar-refractivity contribution in [2.45, 2.75) is 50.7 Å². The van der Waals surface area contributed by atoms with Crippen molar-refractivity contribution in [3.8, 4) is 0 Å². The van der Waals surface area contributed by atoms with Gasteiger partial charge in [0.25, 0.3) is 0 Å². The number of aliphatic imine (C=N–C) groups is 1. The predicted molar refractivity (Wildman–Crippen MR) is 90.9 cm³/mol. The van der Waals surface area contributed by atoms with Gasteiger partial charge in [-0.3, -0.25) is 4.79 Å². The maximum Gasteiger partial charge on any atom is 0.370 e. The number of hydrogen-bond donors (Lipinski definition) is 6. The Morgan fingerprint density at radius 2 is 2.12 bits per heavy atom. The molecule has 0 bridgehead atoms. The van der Waals surface area contributed by atoms with E-state index < -0.39 is 54.6 Å². The number of rotatable bonds is 9. The van der Waals surface area contributed by atoms with Gasteiger partial charge in [-0.1, -0.05) is 6.92 Å². The number of aliphatic carboxylic acids is 1. The minimum atomic E-state index is -1.38. The molecule has 1 amide bonds. The quantitative estimate of drug-likeness (QED) is 0.189. The molecule has 11 heteroatoms. The Balaban J connectivity index is 3.36. The molecule has 1 aliphatic heterocycles. The first kappa shape index (κ1) is 21.7. The fourth-order valence-corrected chi connectivity index (χ4v) is 2.58. The molecule has 0 spiro atoms. The molecule has 5 atom stereocenters. The lowest BCUT2D eigenvalue weighted by molar-refractivity contribution is -0.153. The van der Waals surface area contributed by atoms with E-state index in [0.717, 1.165) is 6.08 Å². The van der Waals surface area contributed by atoms with Gasteiger partial charge in [0, 0.05) is 13.5 Å². The molecular weight excluding hydrogens is 348 g/mol. The van der Waals surface area contributed by atoms with Crippen LogP contribution >= 0.6 is 0 Å². The minimum absolute atomic E-state index is 0.216. The topological polar surface area (TPSA) is 190 Å². The zero-order valence-corrected chi connectivity index (χ0v) is 14.7. The van der Waals surface area contributed by atoms with Crippen LogP contribution in [0.2, 0.25) is 0 Å². The van der Waals surface area contributed by atoms with Crippen molar-refractivity contribution in [2.24, 2.45) is 16.5 Å². The summed E-state index contributed by atoms with van der Waals surface area (Å²) in [7, 11) is 0. The third kappa shape index (κ3) is 5.86. The Bertz CT molecular complexity index is 562. The summed E-state index contributed by atoms with van der Waals surface area (Å²) in [5, 5.41) is 31.3. The Morgan fingerprint density at radius 3 is 2.58 bits per heavy atom. The molecule has 0 radical (unpaired) electrons. The SMILES string of the molecule is CCCO[C@H]([C@@H]1OC(C(=O)O)=C[C@H](N=C(N)N)[C@H]1NC(C)=O)[C@H](O)CO. The van der Waals surface area contributed by atoms with Crippen molar-refractivity contribution in [3.05, 3.63) is 11.8 Å². The first-order chi connectivity index (χ1) is 12.2. The van der Waals surface area contributed by atoms with Crippen LogP contribution in [0.4, 0.5) is 0 Å². The largest absolute Gasteiger partial charge is 0.478 e. The number of nitrogens with two attached hydrogens (primary N) is 2. The highest BCUT2D eigenvalue weighted by Crippen LogP contribution is 2.26. The Labute approximate surface area is 150 Å². The number of nitrogens with zero attached hydrogens (tertiary/aromatic N) is 1. The van der Waals surface area contributed by atoms with Gasteiger partial charge in [0.2, 0.25) is 11.7 Å². The predicted octanol–water partition coefficient (Wildman–Crippen LogP) is -2.35. The highest BCUT2D eigenvalue weighted by atomic mass is 16.6. The molecule has 1 aliphatic rings. The Kier molecular flexibility index (Phi) is 8.29. The van der Waals surface area contributed by atoms with Crippen LogP contribution in [0.25, 0.3) is 0 Å². The van der Waals surface area contributed by atoms with Gasteiger partial charge in [-0.05, 0) is 12.5 Å². The maximum absolute atomic E-state index is 11.6. The van der Waals surface area contributed by atoms with Gasteiger partial charge < -0.3 is 41.6 Å². The van der Waals surface area contributed by atoms with Crippen LogP contribution in [0.3, 0.4) is 0 Å². The standard InChI is InChI=1S/C15H26N4O7/c1-3-4-25-12(9(22)6-20)13-11(18-7(2)21)8(19-15(16)17)5-10(26-13)14(23)24/h5,8-9,11-13,20,22H,3-4,6H2,1-2H3,(H,18,21)(H,23,24)(H4,16,17,19)/t8-,9+,11+,12-,13+/m0/s1. The lowest BCUT2D eigenvalue weighted by Gasteiger charge is -2.40. The third-order valence-corrected chi connectivity index (χ3v) is 3.59. The van der Waals surface area contributed by atoms with Crippen molar-refractivity contribution in [3.63, 3.8) is 0 Å². The molecule has 1 rings (SSSR count). The fourth-order valence-electron chi connectivity index (χ4n) is 2.58. The van der Waals surface area contributed by atoms with Gasteiger partial charge in [0.15, 0.2) is 12.1 Å². The van der Waals surface area contributed by atoms with E-state index in [0.29, 0.717) is 6.42 Å². The molecule has 148 valence electrons. The molecule has 11 nitrogen and oxygen atoms in total. The average Bonchev–Trinajstić information content (AvgIpc) is 2.55. The van der Waals surface area contributed by atoms with Crippen LogP contribution in [-0.2, 0) is 19.1 Å². The second-order valence-corrected chi connectivity index (χ2v) is 5.77. The molecular formula is C15H26N4O7. The minimum Gasteiger partial charge on any atom is -0.478 e. The molecule has 0 aromatic heterocycles. The smallest absolute Gasteiger partial charge is 0.370 e. The molecule has 0 saturated heterocycles. The number of carboxylic acids is 1. The summed E-state index contributed by atoms with van der Waals surface area (Å²) in [6.45, 7) is 2.65. The van der Waals surface area contributed by atoms with Crippen LogP contribution in [0, 0.1) is 0 Å². The molecule has 0 aliphatic carbocycles. The summed E-state index contributed by atoms with van der Waals surface area (Å²) in [4.78, 5) is 26.9. The summed E-state index contributed by atoms with van der Waals surface area (Å²) in [5.41, 5.74) is 10.8. The van der Waals surface area contributed by atoms with Crippen LogP contribution in [0.5, 0.6) is 0 Å². The average molecular weight is 374 g/mol. The van der Waals surface area contributed by atoms with Gasteiger partial charge in [-0.25, -0.2) is 9.79 Å². The number of hydrogen-bond acceptors (Lipinski definition) is 7. The van der Waals surface area contributed by atoms with Gasteiger partial charge in [0.05, 0.1) is 18.7 Å². The van der Waals surface area contributed by atoms with E-state index in [1.54, 1.807) is 0 Å². The number of ether oxygens (including phenoxy) is 2. The number of guanidine groups is 1. The number of aliphatic hydroxyl groups excluding tert-OH is 2. The van der Waals surface area contributed by atoms with Gasteiger partial charge in [-0.15, -0.1) is 0 Å². The number of aliphatic hydroxyl groups is 2. The zero-order valence-electron chi connectivity index (χ0n) is 14.7. The Morgan fingerprint density at radius 1 is 1.46 bits per heavy atom. The van der Waals surface area contributed by atoms with E-state index >= 15 is 0 Å². The number of carboxylic acid groups (broad SMARTS) is 1. The van der Waals surface area contributed by atoms with Crippen LogP contribution < -0.4 is 16.8 Å². The molecule has 26 heavy (non-hydrogen) atoms. The number of nitrogens with one attached hydrogen (secondary N) is 1. The molecule has 0 fully saturated rings. The highest BCUT2D eigenvalue weighted by molar-refractivity contribution is 5.85. The zero-order chi connectivity index (χ0) is 19.9. The van der Waals surface area contributed by atoms with E-state index in [1.807, 2.05) is 6.92 Å². The van der Waals surface area contributed by atoms with Crippen molar-refractivity contribution < 1.29 is 34.4 Å². The van der Waals surface area contributed by atoms with Gasteiger partial charge in [0.1, 0.15) is 12.2 Å². The van der Waals surface area contributed by atoms with Gasteiger partial charge in [-0.2, -0.15) is 0 Å². The molecule has 0 unspecified atom stereocenters. The van der Waals surface area contributed by atoms with Crippen molar-refractivity contribution >= 4 is 17.8 Å². The number of amides is 1. The Hall–Kier alpha value is -2.37. The molecule has 8 N–H and O–H groups in total. The fraction of sp³-hybridized carbons (Fsp3) is 0.667. The summed E-state index contributed by atoms with van der Waals surface area (Å²) in [6, 6.07) is -1.90. The van der Waals surface area contributed by atoms with E-state index in [9.17, 15) is 24.9 Å². The van der Waals surface area contributed by atoms with Crippen molar-refractivity contribution in [2.75, 3.05) is 13.2 Å².